The molecule has 3 atom stereocenters. The summed E-state index contributed by atoms with van der Waals surface area (Å²) in [6.07, 6.45) is -7.31. The Labute approximate surface area is 248 Å². The molecule has 0 aromatic carbocycles. The number of anilines is 3. The van der Waals surface area contributed by atoms with Crippen LogP contribution in [0.15, 0.2) is 23.3 Å². The minimum Gasteiger partial charge on any atom is -0.379 e. The van der Waals surface area contributed by atoms with Gasteiger partial charge in [0.25, 0.3) is 11.5 Å². The van der Waals surface area contributed by atoms with Crippen molar-refractivity contribution in [1.29, 1.82) is 0 Å². The van der Waals surface area contributed by atoms with Crippen LogP contribution < -0.4 is 20.7 Å². The van der Waals surface area contributed by atoms with Crippen molar-refractivity contribution < 1.29 is 40.7 Å². The number of pyridine rings is 1. The fourth-order valence-corrected chi connectivity index (χ4v) is 5.10. The van der Waals surface area contributed by atoms with Crippen molar-refractivity contribution in [2.45, 2.75) is 58.0 Å². The molecule has 2 aromatic heterocycles. The van der Waals surface area contributed by atoms with Crippen molar-refractivity contribution >= 4 is 29.0 Å². The van der Waals surface area contributed by atoms with Crippen LogP contribution in [0, 0.1) is 5.92 Å². The second-order valence-corrected chi connectivity index (χ2v) is 10.9. The second kappa shape index (κ2) is 13.0. The van der Waals surface area contributed by atoms with Gasteiger partial charge in [-0.25, -0.2) is 10.1 Å². The number of hydrogen-bond donors (Lipinski definition) is 2. The molecule has 242 valence electrons. The largest absolute Gasteiger partial charge is 0.423 e. The number of nitrogens with one attached hydrogen (secondary N) is 2. The number of H-pyrrole nitrogens is 1. The quantitative estimate of drug-likeness (QED) is 0.301. The van der Waals surface area contributed by atoms with E-state index >= 15 is 0 Å². The summed E-state index contributed by atoms with van der Waals surface area (Å²) in [5.74, 6) is -0.481. The molecule has 0 bridgehead atoms. The highest BCUT2D eigenvalue weighted by molar-refractivity contribution is 6.05. The number of halogens is 6. The lowest BCUT2D eigenvalue weighted by atomic mass is 10.0. The van der Waals surface area contributed by atoms with Crippen LogP contribution in [0.5, 0.6) is 0 Å². The third kappa shape index (κ3) is 7.25. The number of amides is 2. The van der Waals surface area contributed by atoms with Gasteiger partial charge >= 0.3 is 12.4 Å². The van der Waals surface area contributed by atoms with Crippen LogP contribution in [0.25, 0.3) is 0 Å². The third-order valence-electron chi connectivity index (χ3n) is 7.58. The van der Waals surface area contributed by atoms with E-state index in [0.29, 0.717) is 6.42 Å². The molecule has 2 aromatic rings. The zero-order valence-corrected chi connectivity index (χ0v) is 24.3. The van der Waals surface area contributed by atoms with Gasteiger partial charge in [0.15, 0.2) is 5.82 Å². The normalized spacial score (nSPS) is 18.5. The summed E-state index contributed by atoms with van der Waals surface area (Å²) < 4.78 is 85.6. The van der Waals surface area contributed by atoms with Gasteiger partial charge in [0.2, 0.25) is 5.91 Å². The van der Waals surface area contributed by atoms with Crippen LogP contribution in [-0.4, -0.2) is 83.4 Å². The summed E-state index contributed by atoms with van der Waals surface area (Å²) in [5, 5.41) is 7.70. The zero-order valence-electron chi connectivity index (χ0n) is 24.3. The Morgan fingerprint density at radius 1 is 1.14 bits per heavy atom. The Balaban J connectivity index is 1.37. The van der Waals surface area contributed by atoms with Crippen LogP contribution >= 0.6 is 0 Å². The molecule has 2 unspecified atom stereocenters. The first-order valence-electron chi connectivity index (χ1n) is 14.0. The van der Waals surface area contributed by atoms with Crippen molar-refractivity contribution in [3.63, 3.8) is 0 Å². The summed E-state index contributed by atoms with van der Waals surface area (Å²) >= 11 is 0. The van der Waals surface area contributed by atoms with Crippen LogP contribution in [0.4, 0.5) is 43.5 Å². The van der Waals surface area contributed by atoms with Crippen molar-refractivity contribution in [2.24, 2.45) is 5.92 Å². The minimum absolute atomic E-state index is 0.00198. The van der Waals surface area contributed by atoms with Crippen molar-refractivity contribution in [3.8, 4) is 0 Å². The maximum atomic E-state index is 13.6. The third-order valence-corrected chi connectivity index (χ3v) is 7.58. The number of piperazine rings is 1. The first kappa shape index (κ1) is 33.0. The summed E-state index contributed by atoms with van der Waals surface area (Å²) in [4.78, 5) is 46.8. The molecule has 0 saturated carbocycles. The molecule has 1 saturated heterocycles. The number of carbonyl (C=O) groups excluding carboxylic acids is 2. The molecule has 2 aliphatic rings. The van der Waals surface area contributed by atoms with Gasteiger partial charge in [0, 0.05) is 31.9 Å². The maximum Gasteiger partial charge on any atom is 0.423 e. The van der Waals surface area contributed by atoms with E-state index in [1.54, 1.807) is 10.00 Å². The summed E-state index contributed by atoms with van der Waals surface area (Å²) in [6, 6.07) is -0.552. The zero-order chi connectivity index (χ0) is 32.4. The van der Waals surface area contributed by atoms with E-state index in [0.717, 1.165) is 18.5 Å². The van der Waals surface area contributed by atoms with Crippen molar-refractivity contribution in [3.05, 3.63) is 39.9 Å². The standard InChI is InChI=1S/C27H33F6N7O4/c1-4-15(2)12-40-19-9-17(26(28,29)30)10-34-23(19)39-7-6-38(13-20(39)25(40)43)21(41)5-8-44-14-16(3)36-18-11-35-37-24(42)22(18)27(31,32)33/h9-11,15-16,20H,4-8,12-14H2,1-3H3,(H2,36,37,42)/t15?,16?,20-/m1/s1. The van der Waals surface area contributed by atoms with E-state index in [1.165, 1.54) is 16.7 Å². The van der Waals surface area contributed by atoms with E-state index < -0.39 is 52.7 Å². The Bertz CT molecular complexity index is 1420. The van der Waals surface area contributed by atoms with Gasteiger partial charge in [-0.15, -0.1) is 0 Å². The lowest BCUT2D eigenvalue weighted by Gasteiger charge is -2.47. The summed E-state index contributed by atoms with van der Waals surface area (Å²) in [7, 11) is 0. The summed E-state index contributed by atoms with van der Waals surface area (Å²) in [5.41, 5.74) is -4.16. The van der Waals surface area contributed by atoms with Crippen LogP contribution in [0.3, 0.4) is 0 Å². The molecule has 4 rings (SSSR count). The van der Waals surface area contributed by atoms with Gasteiger partial charge in [0.1, 0.15) is 11.6 Å². The molecule has 0 aliphatic carbocycles. The van der Waals surface area contributed by atoms with Gasteiger partial charge in [0.05, 0.1) is 49.3 Å². The molecular formula is C27H33F6N7O4. The minimum atomic E-state index is -4.90. The van der Waals surface area contributed by atoms with E-state index in [4.69, 9.17) is 4.74 Å². The van der Waals surface area contributed by atoms with Crippen LogP contribution in [-0.2, 0) is 26.7 Å². The molecule has 0 radical (unpaired) electrons. The van der Waals surface area contributed by atoms with E-state index in [-0.39, 0.29) is 69.1 Å². The smallest absolute Gasteiger partial charge is 0.379 e. The predicted octanol–water partition coefficient (Wildman–Crippen LogP) is 3.52. The average Bonchev–Trinajstić information content (AvgIpc) is 2.95. The number of alkyl halides is 6. The van der Waals surface area contributed by atoms with Gasteiger partial charge < -0.3 is 24.8 Å². The lowest BCUT2D eigenvalue weighted by molar-refractivity contribution is -0.138. The highest BCUT2D eigenvalue weighted by atomic mass is 19.4. The topological polar surface area (TPSA) is 124 Å². The van der Waals surface area contributed by atoms with Crippen LogP contribution in [0.1, 0.15) is 44.7 Å². The number of nitrogens with zero attached hydrogens (tertiary/aromatic N) is 5. The predicted molar refractivity (Wildman–Crippen MR) is 147 cm³/mol. The molecule has 2 N–H and O–H groups in total. The van der Waals surface area contributed by atoms with Gasteiger partial charge in [-0.3, -0.25) is 14.4 Å². The average molecular weight is 634 g/mol. The number of ether oxygens (including phenoxy) is 1. The number of hydrogen-bond acceptors (Lipinski definition) is 8. The number of aromatic amines is 1. The van der Waals surface area contributed by atoms with Gasteiger partial charge in [-0.05, 0) is 18.9 Å². The Kier molecular flexibility index (Phi) is 9.75. The van der Waals surface area contributed by atoms with E-state index in [1.807, 2.05) is 13.8 Å². The van der Waals surface area contributed by atoms with Gasteiger partial charge in [-0.2, -0.15) is 31.4 Å². The fourth-order valence-electron chi connectivity index (χ4n) is 5.10. The number of rotatable bonds is 10. The molecule has 17 heteroatoms. The SMILES string of the molecule is CCC(C)CN1C(=O)[C@H]2CN(C(=O)CCOCC(C)Nc3cn[nH]c(=O)c3C(F)(F)F)CCN2c2ncc(C(F)(F)F)cc21. The molecule has 44 heavy (non-hydrogen) atoms. The molecule has 4 heterocycles. The summed E-state index contributed by atoms with van der Waals surface area (Å²) in [6.45, 7) is 5.77. The first-order valence-corrected chi connectivity index (χ1v) is 14.0. The van der Waals surface area contributed by atoms with Gasteiger partial charge in [-0.1, -0.05) is 20.3 Å². The highest BCUT2D eigenvalue weighted by Gasteiger charge is 2.45. The monoisotopic (exact) mass is 633 g/mol. The van der Waals surface area contributed by atoms with E-state index in [9.17, 15) is 40.7 Å². The second-order valence-electron chi connectivity index (χ2n) is 10.9. The molecule has 11 nitrogen and oxygen atoms in total. The Hall–Kier alpha value is -3.89. The fraction of sp³-hybridized carbons (Fsp3) is 0.593. The molecule has 2 amide bonds. The molecule has 1 fully saturated rings. The number of aromatic nitrogens is 3. The van der Waals surface area contributed by atoms with Crippen LogP contribution in [0.2, 0.25) is 0 Å². The molecule has 0 spiro atoms. The van der Waals surface area contributed by atoms with Crippen molar-refractivity contribution in [1.82, 2.24) is 20.1 Å². The molecule has 2 aliphatic heterocycles. The Morgan fingerprint density at radius 3 is 2.52 bits per heavy atom. The first-order chi connectivity index (χ1) is 20.6. The number of carbonyl (C=O) groups is 2. The van der Waals surface area contributed by atoms with Crippen molar-refractivity contribution in [2.75, 3.05) is 54.5 Å². The number of fused-ring (bicyclic) bond motifs is 3. The lowest BCUT2D eigenvalue weighted by Crippen LogP contribution is -2.64. The Morgan fingerprint density at radius 2 is 1.86 bits per heavy atom. The highest BCUT2D eigenvalue weighted by Crippen LogP contribution is 2.40. The maximum absolute atomic E-state index is 13.6. The molecular weight excluding hydrogens is 600 g/mol. The van der Waals surface area contributed by atoms with E-state index in [2.05, 4.69) is 15.4 Å².